The molecule has 1 unspecified atom stereocenters. The van der Waals surface area contributed by atoms with Gasteiger partial charge in [-0.05, 0) is 18.5 Å². The van der Waals surface area contributed by atoms with Gasteiger partial charge in [0.25, 0.3) is 5.88 Å². The van der Waals surface area contributed by atoms with Gasteiger partial charge in [-0.25, -0.2) is 0 Å². The minimum absolute atomic E-state index is 0.231. The molecule has 1 aliphatic heterocycles. The predicted octanol–water partition coefficient (Wildman–Crippen LogP) is 1.11. The van der Waals surface area contributed by atoms with Crippen LogP contribution in [0.25, 0.3) is 0 Å². The smallest absolute Gasteiger partial charge is 0.259 e. The Kier molecular flexibility index (Phi) is 2.93. The maximum atomic E-state index is 5.30. The lowest BCUT2D eigenvalue weighted by atomic mass is 10.1. The Morgan fingerprint density at radius 3 is 3.40 bits per heavy atom. The van der Waals surface area contributed by atoms with Gasteiger partial charge in [-0.15, -0.1) is 6.42 Å². The minimum atomic E-state index is 0.231. The maximum absolute atomic E-state index is 5.30. The second-order valence-electron chi connectivity index (χ2n) is 3.70. The van der Waals surface area contributed by atoms with Crippen molar-refractivity contribution in [2.24, 2.45) is 0 Å². The SMILES string of the molecule is C#CCOc1noc2c1CNC(C)CC2. The second kappa shape index (κ2) is 4.37. The maximum Gasteiger partial charge on any atom is 0.259 e. The molecule has 1 aromatic rings. The van der Waals surface area contributed by atoms with E-state index in [-0.39, 0.29) is 6.61 Å². The minimum Gasteiger partial charge on any atom is -0.462 e. The zero-order chi connectivity index (χ0) is 10.7. The lowest BCUT2D eigenvalue weighted by Crippen LogP contribution is -2.23. The number of aromatic nitrogens is 1. The van der Waals surface area contributed by atoms with Crippen molar-refractivity contribution >= 4 is 0 Å². The Hall–Kier alpha value is -1.47. The Balaban J connectivity index is 2.15. The van der Waals surface area contributed by atoms with E-state index in [1.807, 2.05) is 0 Å². The molecule has 0 fully saturated rings. The zero-order valence-electron chi connectivity index (χ0n) is 8.75. The molecule has 80 valence electrons. The van der Waals surface area contributed by atoms with Gasteiger partial charge in [0.05, 0.1) is 5.56 Å². The van der Waals surface area contributed by atoms with Gasteiger partial charge in [-0.1, -0.05) is 5.92 Å². The number of nitrogens with one attached hydrogen (secondary N) is 1. The topological polar surface area (TPSA) is 47.3 Å². The Bertz CT molecular complexity index is 378. The molecule has 0 spiro atoms. The van der Waals surface area contributed by atoms with E-state index in [0.717, 1.165) is 30.7 Å². The fourth-order valence-electron chi connectivity index (χ4n) is 1.65. The Morgan fingerprint density at radius 2 is 2.60 bits per heavy atom. The van der Waals surface area contributed by atoms with Crippen molar-refractivity contribution < 1.29 is 9.26 Å². The van der Waals surface area contributed by atoms with E-state index in [1.54, 1.807) is 0 Å². The van der Waals surface area contributed by atoms with E-state index in [4.69, 9.17) is 15.7 Å². The molecule has 0 amide bonds. The molecule has 4 nitrogen and oxygen atoms in total. The molecule has 0 aromatic carbocycles. The van der Waals surface area contributed by atoms with Crippen LogP contribution in [0, 0.1) is 12.3 Å². The van der Waals surface area contributed by atoms with Crippen LogP contribution in [0.2, 0.25) is 0 Å². The van der Waals surface area contributed by atoms with Gasteiger partial charge in [0, 0.05) is 19.0 Å². The lowest BCUT2D eigenvalue weighted by molar-refractivity contribution is 0.302. The van der Waals surface area contributed by atoms with E-state index in [9.17, 15) is 0 Å². The molecule has 2 rings (SSSR count). The summed E-state index contributed by atoms with van der Waals surface area (Å²) >= 11 is 0. The first-order valence-electron chi connectivity index (χ1n) is 5.08. The zero-order valence-corrected chi connectivity index (χ0v) is 8.75. The van der Waals surface area contributed by atoms with Crippen LogP contribution < -0.4 is 10.1 Å². The summed E-state index contributed by atoms with van der Waals surface area (Å²) in [4.78, 5) is 0. The summed E-state index contributed by atoms with van der Waals surface area (Å²) in [7, 11) is 0. The summed E-state index contributed by atoms with van der Waals surface area (Å²) < 4.78 is 10.5. The molecule has 1 atom stereocenters. The summed E-state index contributed by atoms with van der Waals surface area (Å²) in [6, 6.07) is 0.494. The van der Waals surface area contributed by atoms with Crippen LogP contribution in [0.4, 0.5) is 0 Å². The molecule has 15 heavy (non-hydrogen) atoms. The summed E-state index contributed by atoms with van der Waals surface area (Å²) in [6.07, 6.45) is 7.08. The van der Waals surface area contributed by atoms with Crippen molar-refractivity contribution in [3.8, 4) is 18.2 Å². The molecule has 0 saturated heterocycles. The van der Waals surface area contributed by atoms with Crippen LogP contribution in [0.15, 0.2) is 4.52 Å². The van der Waals surface area contributed by atoms with Crippen molar-refractivity contribution in [2.45, 2.75) is 32.4 Å². The molecule has 4 heteroatoms. The first kappa shape index (κ1) is 10.1. The standard InChI is InChI=1S/C11H14N2O2/c1-3-6-14-11-9-7-12-8(2)4-5-10(9)15-13-11/h1,8,12H,4-7H2,2H3. The highest BCUT2D eigenvalue weighted by Crippen LogP contribution is 2.25. The molecule has 1 aromatic heterocycles. The van der Waals surface area contributed by atoms with Crippen LogP contribution in [0.1, 0.15) is 24.7 Å². The third-order valence-electron chi connectivity index (χ3n) is 2.56. The van der Waals surface area contributed by atoms with Crippen molar-refractivity contribution in [1.82, 2.24) is 10.5 Å². The van der Waals surface area contributed by atoms with Gasteiger partial charge < -0.3 is 14.6 Å². The summed E-state index contributed by atoms with van der Waals surface area (Å²) in [5, 5.41) is 7.24. The molecule has 0 radical (unpaired) electrons. The molecular formula is C11H14N2O2. The monoisotopic (exact) mass is 206 g/mol. The van der Waals surface area contributed by atoms with Crippen LogP contribution in [0.5, 0.6) is 5.88 Å². The highest BCUT2D eigenvalue weighted by molar-refractivity contribution is 5.29. The van der Waals surface area contributed by atoms with E-state index >= 15 is 0 Å². The van der Waals surface area contributed by atoms with Gasteiger partial charge in [-0.3, -0.25) is 0 Å². The number of nitrogens with zero attached hydrogens (tertiary/aromatic N) is 1. The van der Waals surface area contributed by atoms with Gasteiger partial charge >= 0.3 is 0 Å². The molecule has 2 heterocycles. The van der Waals surface area contributed by atoms with Crippen molar-refractivity contribution in [2.75, 3.05) is 6.61 Å². The molecule has 0 bridgehead atoms. The largest absolute Gasteiger partial charge is 0.462 e. The second-order valence-corrected chi connectivity index (χ2v) is 3.70. The quantitative estimate of drug-likeness (QED) is 0.736. The molecule has 1 aliphatic rings. The number of terminal acetylenes is 1. The van der Waals surface area contributed by atoms with Gasteiger partial charge in [0.15, 0.2) is 6.61 Å². The number of aryl methyl sites for hydroxylation is 1. The van der Waals surface area contributed by atoms with E-state index in [1.165, 1.54) is 0 Å². The number of fused-ring (bicyclic) bond motifs is 1. The van der Waals surface area contributed by atoms with Gasteiger partial charge in [0.2, 0.25) is 0 Å². The number of hydrogen-bond acceptors (Lipinski definition) is 4. The molecule has 0 aliphatic carbocycles. The van der Waals surface area contributed by atoms with Crippen molar-refractivity contribution in [3.63, 3.8) is 0 Å². The third-order valence-corrected chi connectivity index (χ3v) is 2.56. The van der Waals surface area contributed by atoms with Crippen LogP contribution >= 0.6 is 0 Å². The van der Waals surface area contributed by atoms with E-state index in [2.05, 4.69) is 23.3 Å². The molecular weight excluding hydrogens is 192 g/mol. The average Bonchev–Trinajstić information content (AvgIpc) is 2.53. The summed E-state index contributed by atoms with van der Waals surface area (Å²) in [6.45, 7) is 3.12. The predicted molar refractivity (Wildman–Crippen MR) is 55.5 cm³/mol. The van der Waals surface area contributed by atoms with Gasteiger partial charge in [-0.2, -0.15) is 0 Å². The lowest BCUT2D eigenvalue weighted by Gasteiger charge is -2.07. The third kappa shape index (κ3) is 2.13. The Morgan fingerprint density at radius 1 is 1.73 bits per heavy atom. The first-order valence-corrected chi connectivity index (χ1v) is 5.08. The van der Waals surface area contributed by atoms with Crippen molar-refractivity contribution in [1.29, 1.82) is 0 Å². The highest BCUT2D eigenvalue weighted by atomic mass is 16.5. The number of ether oxygens (including phenoxy) is 1. The van der Waals surface area contributed by atoms with Gasteiger partial charge in [0.1, 0.15) is 5.76 Å². The normalized spacial score (nSPS) is 20.1. The summed E-state index contributed by atoms with van der Waals surface area (Å²) in [5.41, 5.74) is 1.01. The van der Waals surface area contributed by atoms with Crippen LogP contribution in [0.3, 0.4) is 0 Å². The van der Waals surface area contributed by atoms with E-state index < -0.39 is 0 Å². The average molecular weight is 206 g/mol. The van der Waals surface area contributed by atoms with E-state index in [0.29, 0.717) is 11.9 Å². The highest BCUT2D eigenvalue weighted by Gasteiger charge is 2.21. The fraction of sp³-hybridized carbons (Fsp3) is 0.545. The number of hydrogen-bond donors (Lipinski definition) is 1. The van der Waals surface area contributed by atoms with Crippen LogP contribution in [-0.2, 0) is 13.0 Å². The molecule has 1 N–H and O–H groups in total. The van der Waals surface area contributed by atoms with Crippen molar-refractivity contribution in [3.05, 3.63) is 11.3 Å². The first-order chi connectivity index (χ1) is 7.31. The Labute approximate surface area is 89.0 Å². The molecule has 0 saturated carbocycles. The fourth-order valence-corrected chi connectivity index (χ4v) is 1.65. The summed E-state index contributed by atoms with van der Waals surface area (Å²) in [5.74, 6) is 3.86. The van der Waals surface area contributed by atoms with Crippen LogP contribution in [-0.4, -0.2) is 17.8 Å². The number of rotatable bonds is 2.